The van der Waals surface area contributed by atoms with Crippen LogP contribution in [0.4, 0.5) is 0 Å². The minimum absolute atomic E-state index is 0. The molecule has 0 atom stereocenters. The average molecular weight is 243 g/mol. The Balaban J connectivity index is 0. The van der Waals surface area contributed by atoms with Crippen LogP contribution < -0.4 is 0 Å². The summed E-state index contributed by atoms with van der Waals surface area (Å²) in [6.45, 7) is 0. The van der Waals surface area contributed by atoms with Gasteiger partial charge >= 0.3 is 7.32 Å². The summed E-state index contributed by atoms with van der Waals surface area (Å²) in [5.41, 5.74) is 0. The van der Waals surface area contributed by atoms with Crippen LogP contribution in [0.25, 0.3) is 0 Å². The van der Waals surface area contributed by atoms with Crippen molar-refractivity contribution in [3.63, 3.8) is 0 Å². The second kappa shape index (κ2) is 4.69. The van der Waals surface area contributed by atoms with Gasteiger partial charge in [-0.2, -0.15) is 0 Å². The first-order valence-electron chi connectivity index (χ1n) is 0.775. The summed E-state index contributed by atoms with van der Waals surface area (Å²) in [6.07, 6.45) is 0. The second-order valence-electron chi connectivity index (χ2n) is 0.346. The van der Waals surface area contributed by atoms with E-state index in [4.69, 9.17) is 15.1 Å². The van der Waals surface area contributed by atoms with E-state index in [0.717, 1.165) is 0 Å². The van der Waals surface area contributed by atoms with E-state index in [1.807, 2.05) is 0 Å². The summed E-state index contributed by atoms with van der Waals surface area (Å²) in [5.74, 6) is 0. The fraction of sp³-hybridized carbons (Fsp3) is 0. The van der Waals surface area contributed by atoms with E-state index in [1.165, 1.54) is 0 Å². The van der Waals surface area contributed by atoms with E-state index in [1.54, 1.807) is 0 Å². The fourth-order valence-corrected chi connectivity index (χ4v) is 0. The molecule has 5 heavy (non-hydrogen) atoms. The van der Waals surface area contributed by atoms with Crippen LogP contribution >= 0.6 is 0 Å². The van der Waals surface area contributed by atoms with Crippen LogP contribution in [0.15, 0.2) is 0 Å². The maximum Gasteiger partial charge on any atom is 0.631 e. The Morgan fingerprint density at radius 3 is 1.00 bits per heavy atom. The molecule has 0 heterocycles. The Morgan fingerprint density at radius 2 is 1.00 bits per heavy atom. The van der Waals surface area contributed by atoms with Crippen molar-refractivity contribution in [1.29, 1.82) is 0 Å². The first-order valence-corrected chi connectivity index (χ1v) is 0.775. The molecule has 0 bridgehead atoms. The molecule has 5 heteroatoms. The van der Waals surface area contributed by atoms with Crippen LogP contribution in [-0.2, 0) is 22.4 Å². The van der Waals surface area contributed by atoms with Crippen molar-refractivity contribution in [2.75, 3.05) is 0 Å². The van der Waals surface area contributed by atoms with Crippen LogP contribution in [0.1, 0.15) is 0 Å². The van der Waals surface area contributed by atoms with Gasteiger partial charge in [-0.05, 0) is 0 Å². The second-order valence-corrected chi connectivity index (χ2v) is 0.346. The minimum atomic E-state index is -2.17. The van der Waals surface area contributed by atoms with Crippen LogP contribution in [0.5, 0.6) is 0 Å². The summed E-state index contributed by atoms with van der Waals surface area (Å²) < 4.78 is 0. The molecule has 0 unspecified atom stereocenters. The summed E-state index contributed by atoms with van der Waals surface area (Å²) in [6, 6.07) is 0. The third kappa shape index (κ3) is 72.0. The summed E-state index contributed by atoms with van der Waals surface area (Å²) >= 11 is 0. The zero-order chi connectivity index (χ0) is 3.58. The minimum Gasteiger partial charge on any atom is -0.402 e. The smallest absolute Gasteiger partial charge is 0.402 e. The molecule has 0 aliphatic carbocycles. The van der Waals surface area contributed by atoms with Gasteiger partial charge in [0.15, 0.2) is 0 Å². The maximum atomic E-state index is 7.17. The molecule has 0 aliphatic rings. The van der Waals surface area contributed by atoms with Gasteiger partial charge in [-0.25, -0.2) is 0 Å². The Hall–Kier alpha value is 0.685. The topological polar surface area (TPSA) is 60.7 Å². The molecule has 29 valence electrons. The molecular weight excluding hydrogens is 240 g/mol. The van der Waals surface area contributed by atoms with Crippen LogP contribution in [0, 0.1) is 0 Å². The molecule has 0 rings (SSSR count). The van der Waals surface area contributed by atoms with Gasteiger partial charge in [-0.3, -0.25) is 0 Å². The molecule has 0 fully saturated rings. The van der Waals surface area contributed by atoms with Crippen LogP contribution in [-0.4, -0.2) is 22.4 Å². The molecule has 3 N–H and O–H groups in total. The van der Waals surface area contributed by atoms with Gasteiger partial charge in [0.05, 0.1) is 0 Å². The predicted molar refractivity (Wildman–Crippen MR) is 12.4 cm³/mol. The molecular formula is H3BO3Ta. The van der Waals surface area contributed by atoms with E-state index in [-0.39, 0.29) is 22.4 Å². The van der Waals surface area contributed by atoms with Crippen molar-refractivity contribution in [3.8, 4) is 0 Å². The largest absolute Gasteiger partial charge is 0.631 e. The SMILES string of the molecule is OB(O)O.[Ta]. The molecule has 0 aromatic rings. The zero-order valence-corrected chi connectivity index (χ0v) is 5.58. The Bertz CT molecular complexity index is 11.6. The Morgan fingerprint density at radius 1 is 1.00 bits per heavy atom. The van der Waals surface area contributed by atoms with E-state index in [2.05, 4.69) is 0 Å². The predicted octanol–water partition coefficient (Wildman–Crippen LogP) is -2.05. The molecule has 0 amide bonds. The number of rotatable bonds is 0. The summed E-state index contributed by atoms with van der Waals surface area (Å²) in [7, 11) is -2.17. The third-order valence-electron chi connectivity index (χ3n) is 0. The first-order chi connectivity index (χ1) is 1.73. The van der Waals surface area contributed by atoms with Crippen molar-refractivity contribution in [2.24, 2.45) is 0 Å². The van der Waals surface area contributed by atoms with Crippen molar-refractivity contribution in [3.05, 3.63) is 0 Å². The summed E-state index contributed by atoms with van der Waals surface area (Å²) in [4.78, 5) is 0. The number of hydrogen-bond donors (Lipinski definition) is 3. The van der Waals surface area contributed by atoms with E-state index >= 15 is 0 Å². The van der Waals surface area contributed by atoms with Crippen molar-refractivity contribution >= 4 is 7.32 Å². The van der Waals surface area contributed by atoms with Crippen molar-refractivity contribution < 1.29 is 37.5 Å². The van der Waals surface area contributed by atoms with Gasteiger partial charge in [-0.1, -0.05) is 0 Å². The van der Waals surface area contributed by atoms with Gasteiger partial charge in [0.2, 0.25) is 0 Å². The maximum absolute atomic E-state index is 7.17. The van der Waals surface area contributed by atoms with Gasteiger partial charge in [0.1, 0.15) is 0 Å². The van der Waals surface area contributed by atoms with E-state index in [0.29, 0.717) is 0 Å². The Kier molecular flexibility index (Phi) is 8.61. The zero-order valence-electron chi connectivity index (χ0n) is 2.37. The molecule has 3 nitrogen and oxygen atoms in total. The third-order valence-corrected chi connectivity index (χ3v) is 0. The van der Waals surface area contributed by atoms with Crippen LogP contribution in [0.3, 0.4) is 0 Å². The standard InChI is InChI=1S/BH3O3.Ta/c2-1(3)4;/h2-4H;. The molecule has 0 aromatic heterocycles. The van der Waals surface area contributed by atoms with E-state index < -0.39 is 7.32 Å². The van der Waals surface area contributed by atoms with E-state index in [9.17, 15) is 0 Å². The van der Waals surface area contributed by atoms with Gasteiger partial charge < -0.3 is 15.1 Å². The molecule has 0 aliphatic heterocycles. The quantitative estimate of drug-likeness (QED) is 0.429. The molecule has 0 saturated carbocycles. The fourth-order valence-electron chi connectivity index (χ4n) is 0. The van der Waals surface area contributed by atoms with Gasteiger partial charge in [0.25, 0.3) is 0 Å². The summed E-state index contributed by atoms with van der Waals surface area (Å²) in [5, 5.41) is 21.5. The Labute approximate surface area is 45.3 Å². The van der Waals surface area contributed by atoms with Crippen LogP contribution in [0.2, 0.25) is 0 Å². The molecule has 0 spiro atoms. The van der Waals surface area contributed by atoms with Gasteiger partial charge in [0, 0.05) is 22.4 Å². The first kappa shape index (κ1) is 9.19. The molecule has 0 aromatic carbocycles. The van der Waals surface area contributed by atoms with Gasteiger partial charge in [-0.15, -0.1) is 0 Å². The average Bonchev–Trinajstić information content (AvgIpc) is 0.811. The molecule has 0 saturated heterocycles. The molecule has 1 radical (unpaired) electrons. The normalized spacial score (nSPS) is 5.40. The van der Waals surface area contributed by atoms with Crippen molar-refractivity contribution in [2.45, 2.75) is 0 Å². The monoisotopic (exact) mass is 243 g/mol. The van der Waals surface area contributed by atoms with Crippen molar-refractivity contribution in [1.82, 2.24) is 0 Å². The number of hydrogen-bond acceptors (Lipinski definition) is 3.